The summed E-state index contributed by atoms with van der Waals surface area (Å²) in [5.74, 6) is 0.281. The smallest absolute Gasteiger partial charge is 0.262 e. The van der Waals surface area contributed by atoms with Gasteiger partial charge in [-0.1, -0.05) is 0 Å². The average Bonchev–Trinajstić information content (AvgIpc) is 3.20. The molecule has 192 valence electrons. The number of aliphatic hydroxyl groups is 1. The first kappa shape index (κ1) is 24.8. The zero-order valence-electron chi connectivity index (χ0n) is 20.3. The van der Waals surface area contributed by atoms with Crippen LogP contribution in [-0.2, 0) is 4.74 Å². The van der Waals surface area contributed by atoms with E-state index in [-0.39, 0.29) is 18.1 Å². The molecular weight excluding hydrogens is 485 g/mol. The van der Waals surface area contributed by atoms with Crippen LogP contribution < -0.4 is 15.4 Å². The molecule has 0 radical (unpaired) electrons. The summed E-state index contributed by atoms with van der Waals surface area (Å²) < 4.78 is 25.6. The highest BCUT2D eigenvalue weighted by molar-refractivity contribution is 7.20. The van der Waals surface area contributed by atoms with Crippen molar-refractivity contribution < 1.29 is 23.8 Å². The van der Waals surface area contributed by atoms with Crippen LogP contribution in [0.4, 0.5) is 15.9 Å². The third kappa shape index (κ3) is 5.29. The first-order valence-electron chi connectivity index (χ1n) is 12.1. The number of likely N-dealkylation sites (tertiary alicyclic amines) is 1. The minimum atomic E-state index is -0.618. The fourth-order valence-electron chi connectivity index (χ4n) is 4.67. The normalized spacial score (nSPS) is 21.4. The van der Waals surface area contributed by atoms with E-state index >= 15 is 0 Å². The maximum absolute atomic E-state index is 14.1. The van der Waals surface area contributed by atoms with Crippen LogP contribution in [0.25, 0.3) is 10.2 Å². The van der Waals surface area contributed by atoms with E-state index in [1.165, 1.54) is 29.8 Å². The van der Waals surface area contributed by atoms with Gasteiger partial charge in [-0.05, 0) is 44.6 Å². The summed E-state index contributed by atoms with van der Waals surface area (Å²) in [5, 5.41) is 17.4. The molecule has 5 rings (SSSR count). The van der Waals surface area contributed by atoms with Crippen LogP contribution >= 0.6 is 11.3 Å². The van der Waals surface area contributed by atoms with Gasteiger partial charge in [0.05, 0.1) is 41.3 Å². The van der Waals surface area contributed by atoms with E-state index in [4.69, 9.17) is 9.47 Å². The average molecular weight is 516 g/mol. The molecule has 11 heteroatoms. The molecule has 2 aliphatic rings. The number of nitrogens with one attached hydrogen (secondary N) is 2. The SMILES string of the molecule is Cc1c(C(=O)NC2CCN(C)CC2O)sc2ncnc(Nc3ccc(F)cc3OC3CCOCC3)c12. The summed E-state index contributed by atoms with van der Waals surface area (Å²) in [4.78, 5) is 25.2. The zero-order chi connectivity index (χ0) is 25.2. The third-order valence-corrected chi connectivity index (χ3v) is 7.89. The molecule has 2 saturated heterocycles. The molecule has 4 heterocycles. The number of ether oxygens (including phenoxy) is 2. The van der Waals surface area contributed by atoms with Gasteiger partial charge in [-0.2, -0.15) is 0 Å². The largest absolute Gasteiger partial charge is 0.488 e. The lowest BCUT2D eigenvalue weighted by Crippen LogP contribution is -2.53. The maximum Gasteiger partial charge on any atom is 0.262 e. The molecule has 2 aromatic heterocycles. The number of thiophene rings is 1. The van der Waals surface area contributed by atoms with E-state index in [1.54, 1.807) is 6.07 Å². The highest BCUT2D eigenvalue weighted by atomic mass is 32.1. The molecule has 0 aliphatic carbocycles. The molecule has 0 spiro atoms. The van der Waals surface area contributed by atoms with E-state index in [0.717, 1.165) is 30.3 Å². The van der Waals surface area contributed by atoms with Gasteiger partial charge in [-0.15, -0.1) is 11.3 Å². The van der Waals surface area contributed by atoms with E-state index in [9.17, 15) is 14.3 Å². The summed E-state index contributed by atoms with van der Waals surface area (Å²) in [6.45, 7) is 4.41. The van der Waals surface area contributed by atoms with E-state index in [0.29, 0.717) is 53.1 Å². The van der Waals surface area contributed by atoms with Gasteiger partial charge >= 0.3 is 0 Å². The minimum Gasteiger partial charge on any atom is -0.488 e. The summed E-state index contributed by atoms with van der Waals surface area (Å²) in [6.07, 6.45) is 2.92. The number of aromatic nitrogens is 2. The Kier molecular flexibility index (Phi) is 7.33. The highest BCUT2D eigenvalue weighted by Gasteiger charge is 2.29. The van der Waals surface area contributed by atoms with Crippen molar-refractivity contribution in [3.05, 3.63) is 40.8 Å². The number of carbonyl (C=O) groups is 1. The van der Waals surface area contributed by atoms with Gasteiger partial charge in [0.2, 0.25) is 0 Å². The lowest BCUT2D eigenvalue weighted by molar-refractivity contribution is 0.0257. The van der Waals surface area contributed by atoms with Crippen LogP contribution in [0, 0.1) is 12.7 Å². The summed E-state index contributed by atoms with van der Waals surface area (Å²) in [6, 6.07) is 4.05. The van der Waals surface area contributed by atoms with Crippen molar-refractivity contribution in [2.24, 2.45) is 0 Å². The van der Waals surface area contributed by atoms with Crippen molar-refractivity contribution in [3.8, 4) is 5.75 Å². The Labute approximate surface area is 212 Å². The van der Waals surface area contributed by atoms with Crippen molar-refractivity contribution in [3.63, 3.8) is 0 Å². The lowest BCUT2D eigenvalue weighted by Gasteiger charge is -2.34. The molecule has 2 fully saturated rings. The van der Waals surface area contributed by atoms with E-state index in [2.05, 4.69) is 20.6 Å². The number of likely N-dealkylation sites (N-methyl/N-ethyl adjacent to an activating group) is 1. The van der Waals surface area contributed by atoms with Crippen molar-refractivity contribution in [2.75, 3.05) is 38.7 Å². The Bertz CT molecular complexity index is 1250. The van der Waals surface area contributed by atoms with Crippen molar-refractivity contribution in [2.45, 2.75) is 44.4 Å². The molecule has 1 amide bonds. The number of hydrogen-bond acceptors (Lipinski definition) is 9. The Hall–Kier alpha value is -2.86. The molecule has 2 unspecified atom stereocenters. The highest BCUT2D eigenvalue weighted by Crippen LogP contribution is 2.37. The Morgan fingerprint density at radius 1 is 1.28 bits per heavy atom. The second-order valence-electron chi connectivity index (χ2n) is 9.35. The molecule has 3 aromatic rings. The van der Waals surface area contributed by atoms with Crippen LogP contribution in [0.5, 0.6) is 5.75 Å². The van der Waals surface area contributed by atoms with Gasteiger partial charge < -0.3 is 30.1 Å². The molecular formula is C25H30FN5O4S. The van der Waals surface area contributed by atoms with Crippen molar-refractivity contribution in [1.82, 2.24) is 20.2 Å². The molecule has 2 atom stereocenters. The number of piperidine rings is 1. The third-order valence-electron chi connectivity index (χ3n) is 6.69. The quantitative estimate of drug-likeness (QED) is 0.459. The number of amides is 1. The second-order valence-corrected chi connectivity index (χ2v) is 10.4. The Morgan fingerprint density at radius 3 is 2.86 bits per heavy atom. The number of carbonyl (C=O) groups excluding carboxylic acids is 1. The zero-order valence-corrected chi connectivity index (χ0v) is 21.1. The van der Waals surface area contributed by atoms with Gasteiger partial charge in [-0.25, -0.2) is 14.4 Å². The number of nitrogens with zero attached hydrogens (tertiary/aromatic N) is 3. The number of aliphatic hydroxyl groups excluding tert-OH is 1. The first-order chi connectivity index (χ1) is 17.4. The van der Waals surface area contributed by atoms with Crippen LogP contribution in [0.3, 0.4) is 0 Å². The van der Waals surface area contributed by atoms with Crippen LogP contribution in [0.15, 0.2) is 24.5 Å². The molecule has 2 aliphatic heterocycles. The number of rotatable bonds is 6. The molecule has 0 saturated carbocycles. The number of benzene rings is 1. The van der Waals surface area contributed by atoms with Gasteiger partial charge in [0.15, 0.2) is 0 Å². The summed E-state index contributed by atoms with van der Waals surface area (Å²) >= 11 is 1.28. The first-order valence-corrected chi connectivity index (χ1v) is 12.9. The predicted octanol–water partition coefficient (Wildman–Crippen LogP) is 3.24. The van der Waals surface area contributed by atoms with Crippen molar-refractivity contribution in [1.29, 1.82) is 0 Å². The number of hydrogen-bond donors (Lipinski definition) is 3. The molecule has 3 N–H and O–H groups in total. The Morgan fingerprint density at radius 2 is 2.08 bits per heavy atom. The van der Waals surface area contributed by atoms with Crippen molar-refractivity contribution >= 4 is 39.0 Å². The maximum atomic E-state index is 14.1. The topological polar surface area (TPSA) is 109 Å². The van der Waals surface area contributed by atoms with Gasteiger partial charge in [0, 0.05) is 25.5 Å². The molecule has 0 bridgehead atoms. The monoisotopic (exact) mass is 515 g/mol. The fourth-order valence-corrected chi connectivity index (χ4v) is 5.72. The standard InChI is InChI=1S/C25H30FN5O4S/c1-14-21-23(29-18-4-3-15(26)11-20(18)35-16-6-9-34-10-7-16)27-13-28-25(21)36-22(14)24(33)30-17-5-8-31(2)12-19(17)32/h3-4,11,13,16-17,19,32H,5-10,12H2,1-2H3,(H,30,33)(H,27,28,29). The lowest BCUT2D eigenvalue weighted by atomic mass is 10.0. The fraction of sp³-hybridized carbons (Fsp3) is 0.480. The number of aryl methyl sites for hydroxylation is 1. The van der Waals surface area contributed by atoms with E-state index < -0.39 is 11.9 Å². The predicted molar refractivity (Wildman–Crippen MR) is 136 cm³/mol. The Balaban J connectivity index is 1.40. The van der Waals surface area contributed by atoms with Gasteiger partial charge in [0.1, 0.15) is 34.6 Å². The second kappa shape index (κ2) is 10.6. The van der Waals surface area contributed by atoms with Gasteiger partial charge in [0.25, 0.3) is 5.91 Å². The van der Waals surface area contributed by atoms with Gasteiger partial charge in [-0.3, -0.25) is 4.79 Å². The molecule has 36 heavy (non-hydrogen) atoms. The summed E-state index contributed by atoms with van der Waals surface area (Å²) in [7, 11) is 1.95. The number of β-amino-alcohol motifs (C(OH)–C–C–N with tert-alkyl or cyclic N) is 1. The van der Waals surface area contributed by atoms with Crippen LogP contribution in [0.1, 0.15) is 34.5 Å². The minimum absolute atomic E-state index is 0.0559. The number of halogens is 1. The molecule has 9 nitrogen and oxygen atoms in total. The molecule has 1 aromatic carbocycles. The van der Waals surface area contributed by atoms with E-state index in [1.807, 2.05) is 18.9 Å². The summed E-state index contributed by atoms with van der Waals surface area (Å²) in [5.41, 5.74) is 1.32. The number of anilines is 2. The van der Waals surface area contributed by atoms with Crippen LogP contribution in [0.2, 0.25) is 0 Å². The van der Waals surface area contributed by atoms with Crippen LogP contribution in [-0.4, -0.2) is 77.5 Å². The number of fused-ring (bicyclic) bond motifs is 1.